The molecule has 3 atom stereocenters. The van der Waals surface area contributed by atoms with Crippen molar-refractivity contribution in [3.8, 4) is 0 Å². The van der Waals surface area contributed by atoms with Gasteiger partial charge in [0.15, 0.2) is 0 Å². The maximum absolute atomic E-state index is 6.71. The van der Waals surface area contributed by atoms with Gasteiger partial charge in [0.2, 0.25) is 0 Å². The van der Waals surface area contributed by atoms with Crippen LogP contribution in [0, 0.1) is 11.3 Å². The third-order valence-corrected chi connectivity index (χ3v) is 5.35. The number of nitrogens with zero attached hydrogens (tertiary/aromatic N) is 1. The van der Waals surface area contributed by atoms with E-state index >= 15 is 0 Å². The Balaban J connectivity index is 1.75. The molecule has 92 valence electrons. The molecule has 1 aliphatic heterocycles. The minimum absolute atomic E-state index is 0.0362. The Morgan fingerprint density at radius 3 is 2.62 bits per heavy atom. The van der Waals surface area contributed by atoms with Crippen LogP contribution in [0.15, 0.2) is 0 Å². The summed E-state index contributed by atoms with van der Waals surface area (Å²) in [7, 11) is 2.23. The Morgan fingerprint density at radius 2 is 2.00 bits per heavy atom. The van der Waals surface area contributed by atoms with Gasteiger partial charge >= 0.3 is 0 Å². The molecular formula is C13H24N2O. The van der Waals surface area contributed by atoms with Crippen molar-refractivity contribution < 1.29 is 4.74 Å². The maximum Gasteiger partial charge on any atom is 0.0691 e. The summed E-state index contributed by atoms with van der Waals surface area (Å²) in [6.07, 6.45) is 4.28. The molecule has 3 aliphatic rings. The normalized spacial score (nSPS) is 45.6. The van der Waals surface area contributed by atoms with Crippen molar-refractivity contribution in [1.29, 1.82) is 0 Å². The standard InChI is InChI=1S/C13H24N2O/c1-12(2)11-10(6-7-16-11)13(12,14)8-15(3)9-4-5-9/h9-11H,4-8,14H2,1-3H3. The molecule has 0 aromatic heterocycles. The Hall–Kier alpha value is -0.120. The number of ether oxygens (including phenoxy) is 1. The first kappa shape index (κ1) is 11.0. The van der Waals surface area contributed by atoms with E-state index in [4.69, 9.17) is 10.5 Å². The molecule has 0 bridgehead atoms. The van der Waals surface area contributed by atoms with Gasteiger partial charge in [0.1, 0.15) is 0 Å². The van der Waals surface area contributed by atoms with Gasteiger partial charge in [-0.1, -0.05) is 13.8 Å². The highest BCUT2D eigenvalue weighted by molar-refractivity contribution is 5.21. The van der Waals surface area contributed by atoms with Crippen molar-refractivity contribution in [2.75, 3.05) is 20.2 Å². The minimum atomic E-state index is -0.0362. The third-order valence-electron chi connectivity index (χ3n) is 5.35. The van der Waals surface area contributed by atoms with Crippen LogP contribution in [-0.2, 0) is 4.74 Å². The van der Waals surface area contributed by atoms with Crippen LogP contribution < -0.4 is 5.73 Å². The number of hydrogen-bond acceptors (Lipinski definition) is 3. The van der Waals surface area contributed by atoms with Gasteiger partial charge in [0.05, 0.1) is 6.10 Å². The fourth-order valence-corrected chi connectivity index (χ4v) is 3.85. The summed E-state index contributed by atoms with van der Waals surface area (Å²) in [5, 5.41) is 0. The van der Waals surface area contributed by atoms with Gasteiger partial charge in [-0.05, 0) is 26.3 Å². The predicted molar refractivity (Wildman–Crippen MR) is 64.2 cm³/mol. The number of nitrogens with two attached hydrogens (primary N) is 1. The largest absolute Gasteiger partial charge is 0.377 e. The van der Waals surface area contributed by atoms with Gasteiger partial charge in [0, 0.05) is 36.1 Å². The van der Waals surface area contributed by atoms with E-state index in [0.717, 1.165) is 25.6 Å². The van der Waals surface area contributed by atoms with Crippen LogP contribution in [0.5, 0.6) is 0 Å². The van der Waals surface area contributed by atoms with Crippen LogP contribution in [0.1, 0.15) is 33.1 Å². The highest BCUT2D eigenvalue weighted by Crippen LogP contribution is 2.58. The SMILES string of the molecule is CN(CC1(N)C2CCOC2C1(C)C)C1CC1. The molecule has 0 radical (unpaired) electrons. The molecule has 3 unspecified atom stereocenters. The van der Waals surface area contributed by atoms with Gasteiger partial charge in [-0.15, -0.1) is 0 Å². The summed E-state index contributed by atoms with van der Waals surface area (Å²) in [6, 6.07) is 0.803. The molecule has 0 aromatic carbocycles. The van der Waals surface area contributed by atoms with Crippen molar-refractivity contribution >= 4 is 0 Å². The number of likely N-dealkylation sites (N-methyl/N-ethyl adjacent to an activating group) is 1. The summed E-state index contributed by atoms with van der Waals surface area (Å²) in [4.78, 5) is 2.47. The molecule has 0 aromatic rings. The number of rotatable bonds is 3. The molecule has 3 fully saturated rings. The lowest BCUT2D eigenvalue weighted by atomic mass is 9.48. The fraction of sp³-hybridized carbons (Fsp3) is 1.00. The molecule has 2 aliphatic carbocycles. The highest BCUT2D eigenvalue weighted by atomic mass is 16.5. The lowest BCUT2D eigenvalue weighted by Gasteiger charge is -2.63. The predicted octanol–water partition coefficient (Wildman–Crippen LogP) is 1.22. The van der Waals surface area contributed by atoms with E-state index in [-0.39, 0.29) is 11.0 Å². The summed E-state index contributed by atoms with van der Waals surface area (Å²) in [6.45, 7) is 6.50. The van der Waals surface area contributed by atoms with Crippen molar-refractivity contribution in [3.05, 3.63) is 0 Å². The summed E-state index contributed by atoms with van der Waals surface area (Å²) < 4.78 is 5.82. The van der Waals surface area contributed by atoms with Crippen molar-refractivity contribution in [2.24, 2.45) is 17.1 Å². The first-order chi connectivity index (χ1) is 7.47. The average Bonchev–Trinajstić information content (AvgIpc) is 2.95. The number of hydrogen-bond donors (Lipinski definition) is 1. The molecule has 2 N–H and O–H groups in total. The topological polar surface area (TPSA) is 38.5 Å². The van der Waals surface area contributed by atoms with E-state index in [9.17, 15) is 0 Å². The first-order valence-corrected chi connectivity index (χ1v) is 6.57. The molecule has 2 saturated carbocycles. The van der Waals surface area contributed by atoms with Gasteiger partial charge in [-0.3, -0.25) is 0 Å². The monoisotopic (exact) mass is 224 g/mol. The Bertz CT molecular complexity index is 300. The van der Waals surface area contributed by atoms with Crippen LogP contribution in [0.4, 0.5) is 0 Å². The second-order valence-corrected chi connectivity index (χ2v) is 6.59. The van der Waals surface area contributed by atoms with E-state index in [2.05, 4.69) is 25.8 Å². The zero-order valence-electron chi connectivity index (χ0n) is 10.7. The highest BCUT2D eigenvalue weighted by Gasteiger charge is 2.67. The van der Waals surface area contributed by atoms with Crippen molar-refractivity contribution in [1.82, 2.24) is 4.90 Å². The van der Waals surface area contributed by atoms with Crippen LogP contribution in [0.25, 0.3) is 0 Å². The van der Waals surface area contributed by atoms with E-state index in [1.807, 2.05) is 0 Å². The lowest BCUT2D eigenvalue weighted by molar-refractivity contribution is -0.162. The smallest absolute Gasteiger partial charge is 0.0691 e. The molecule has 1 saturated heterocycles. The average molecular weight is 224 g/mol. The Labute approximate surface area is 98.3 Å². The summed E-state index contributed by atoms with van der Waals surface area (Å²) >= 11 is 0. The molecule has 3 nitrogen and oxygen atoms in total. The zero-order chi connectivity index (χ0) is 11.6. The van der Waals surface area contributed by atoms with Crippen molar-refractivity contribution in [2.45, 2.75) is 50.8 Å². The Kier molecular flexibility index (Phi) is 2.21. The van der Waals surface area contributed by atoms with E-state index in [1.165, 1.54) is 12.8 Å². The van der Waals surface area contributed by atoms with Crippen LogP contribution in [0.2, 0.25) is 0 Å². The Morgan fingerprint density at radius 1 is 1.31 bits per heavy atom. The first-order valence-electron chi connectivity index (χ1n) is 6.57. The van der Waals surface area contributed by atoms with Gasteiger partial charge < -0.3 is 15.4 Å². The minimum Gasteiger partial charge on any atom is -0.377 e. The molecular weight excluding hydrogens is 200 g/mol. The molecule has 0 amide bonds. The van der Waals surface area contributed by atoms with Crippen LogP contribution in [0.3, 0.4) is 0 Å². The number of fused-ring (bicyclic) bond motifs is 1. The van der Waals surface area contributed by atoms with E-state index in [0.29, 0.717) is 12.0 Å². The second-order valence-electron chi connectivity index (χ2n) is 6.59. The summed E-state index contributed by atoms with van der Waals surface area (Å²) in [5.41, 5.74) is 6.81. The third kappa shape index (κ3) is 1.25. The van der Waals surface area contributed by atoms with Gasteiger partial charge in [-0.25, -0.2) is 0 Å². The molecule has 16 heavy (non-hydrogen) atoms. The van der Waals surface area contributed by atoms with Crippen LogP contribution >= 0.6 is 0 Å². The summed E-state index contributed by atoms with van der Waals surface area (Å²) in [5.74, 6) is 0.587. The zero-order valence-corrected chi connectivity index (χ0v) is 10.7. The van der Waals surface area contributed by atoms with E-state index in [1.54, 1.807) is 0 Å². The van der Waals surface area contributed by atoms with E-state index < -0.39 is 0 Å². The molecule has 1 heterocycles. The lowest BCUT2D eigenvalue weighted by Crippen LogP contribution is -2.78. The van der Waals surface area contributed by atoms with Gasteiger partial charge in [-0.2, -0.15) is 0 Å². The molecule has 3 rings (SSSR count). The van der Waals surface area contributed by atoms with Gasteiger partial charge in [0.25, 0.3) is 0 Å². The van der Waals surface area contributed by atoms with Crippen molar-refractivity contribution in [3.63, 3.8) is 0 Å². The van der Waals surface area contributed by atoms with Crippen LogP contribution in [-0.4, -0.2) is 42.8 Å². The molecule has 3 heteroatoms. The molecule has 0 spiro atoms. The quantitative estimate of drug-likeness (QED) is 0.783. The fourth-order valence-electron chi connectivity index (χ4n) is 3.85. The maximum atomic E-state index is 6.71. The second kappa shape index (κ2) is 3.21.